The van der Waals surface area contributed by atoms with Crippen molar-refractivity contribution in [2.75, 3.05) is 18.0 Å². The monoisotopic (exact) mass is 541 g/mol. The van der Waals surface area contributed by atoms with Gasteiger partial charge in [0, 0.05) is 75.2 Å². The zero-order chi connectivity index (χ0) is 27.9. The Bertz CT molecular complexity index is 1240. The van der Waals surface area contributed by atoms with Crippen LogP contribution in [0.4, 0.5) is 5.69 Å². The quantitative estimate of drug-likeness (QED) is 0.396. The molecule has 2 aliphatic rings. The van der Waals surface area contributed by atoms with E-state index in [1.54, 1.807) is 12.5 Å². The number of carbonyl (C=O) groups is 2. The molecule has 0 spiro atoms. The Morgan fingerprint density at radius 3 is 2.52 bits per heavy atom. The number of anilines is 1. The van der Waals surface area contributed by atoms with Crippen LogP contribution in [0.25, 0.3) is 0 Å². The number of hydrogen-bond donors (Lipinski definition) is 0. The molecular weight excluding hydrogens is 498 g/mol. The number of piperidine rings is 1. The second kappa shape index (κ2) is 13.3. The molecule has 212 valence electrons. The lowest BCUT2D eigenvalue weighted by molar-refractivity contribution is -0.133. The third-order valence-corrected chi connectivity index (χ3v) is 8.46. The lowest BCUT2D eigenvalue weighted by atomic mass is 9.92. The van der Waals surface area contributed by atoms with Crippen LogP contribution in [0, 0.1) is 5.92 Å². The molecule has 2 aliphatic heterocycles. The van der Waals surface area contributed by atoms with Crippen LogP contribution >= 0.6 is 0 Å². The Hall–Kier alpha value is -3.45. The Morgan fingerprint density at radius 2 is 1.75 bits per heavy atom. The first-order valence-electron chi connectivity index (χ1n) is 14.9. The number of carbonyl (C=O) groups excluding carboxylic acids is 2. The van der Waals surface area contributed by atoms with Crippen LogP contribution < -0.4 is 4.90 Å². The van der Waals surface area contributed by atoms with Gasteiger partial charge in [-0.3, -0.25) is 14.5 Å². The molecule has 1 saturated heterocycles. The first-order valence-corrected chi connectivity index (χ1v) is 14.9. The normalized spacial score (nSPS) is 20.2. The van der Waals surface area contributed by atoms with E-state index in [1.165, 1.54) is 5.56 Å². The Morgan fingerprint density at radius 1 is 0.975 bits per heavy atom. The Balaban J connectivity index is 1.47. The van der Waals surface area contributed by atoms with Crippen molar-refractivity contribution in [2.24, 2.45) is 5.92 Å². The molecule has 2 bridgehead atoms. The number of hydrogen-bond acceptors (Lipinski definition) is 4. The van der Waals surface area contributed by atoms with E-state index >= 15 is 0 Å². The van der Waals surface area contributed by atoms with E-state index in [0.29, 0.717) is 32.1 Å². The van der Waals surface area contributed by atoms with Crippen molar-refractivity contribution in [3.63, 3.8) is 0 Å². The highest BCUT2D eigenvalue weighted by atomic mass is 16.2. The molecule has 40 heavy (non-hydrogen) atoms. The first kappa shape index (κ1) is 28.1. The van der Waals surface area contributed by atoms with Gasteiger partial charge in [-0.2, -0.15) is 0 Å². The lowest BCUT2D eigenvalue weighted by Crippen LogP contribution is -2.52. The number of rotatable bonds is 7. The summed E-state index contributed by atoms with van der Waals surface area (Å²) in [4.78, 5) is 38.2. The van der Waals surface area contributed by atoms with Gasteiger partial charge in [0.05, 0.1) is 6.33 Å². The molecule has 0 N–H and O–H groups in total. The standard InChI is InChI=1S/C33H43N5O2/c1-26(2)33(40)37-20-17-29-13-8-14-30(38(29)22-27-10-4-3-5-11-27)24-36(23-28-12-6-7-15-31(28)37)32(39)16-9-19-35-21-18-34-25-35/h3-7,10-12,15,18,21,25-26,29-30H,8-9,13-14,16-17,19-20,22-24H2,1-2H3. The predicted octanol–water partition coefficient (Wildman–Crippen LogP) is 5.51. The fraction of sp³-hybridized carbons (Fsp3) is 0.485. The molecule has 2 unspecified atom stereocenters. The van der Waals surface area contributed by atoms with E-state index in [0.717, 1.165) is 56.4 Å². The third kappa shape index (κ3) is 6.81. The molecule has 0 aliphatic carbocycles. The minimum absolute atomic E-state index is 0.0985. The van der Waals surface area contributed by atoms with E-state index in [2.05, 4.69) is 57.2 Å². The summed E-state index contributed by atoms with van der Waals surface area (Å²) < 4.78 is 2.03. The largest absolute Gasteiger partial charge is 0.337 e. The molecule has 3 heterocycles. The smallest absolute Gasteiger partial charge is 0.229 e. The summed E-state index contributed by atoms with van der Waals surface area (Å²) in [6, 6.07) is 19.5. The molecular formula is C33H43N5O2. The number of aromatic nitrogens is 2. The molecule has 7 heteroatoms. The van der Waals surface area contributed by atoms with Gasteiger partial charge in [0.15, 0.2) is 0 Å². The number of nitrogens with zero attached hydrogens (tertiary/aromatic N) is 5. The van der Waals surface area contributed by atoms with E-state index in [1.807, 2.05) is 41.6 Å². The zero-order valence-electron chi connectivity index (χ0n) is 24.0. The molecule has 2 aromatic carbocycles. The average molecular weight is 542 g/mol. The van der Waals surface area contributed by atoms with E-state index in [-0.39, 0.29) is 23.8 Å². The highest BCUT2D eigenvalue weighted by molar-refractivity contribution is 5.95. The number of imidazole rings is 1. The maximum atomic E-state index is 13.8. The number of benzene rings is 2. The van der Waals surface area contributed by atoms with Gasteiger partial charge < -0.3 is 14.4 Å². The van der Waals surface area contributed by atoms with Crippen molar-refractivity contribution in [3.05, 3.63) is 84.4 Å². The molecule has 1 fully saturated rings. The second-order valence-electron chi connectivity index (χ2n) is 11.6. The van der Waals surface area contributed by atoms with E-state index < -0.39 is 0 Å². The lowest BCUT2D eigenvalue weighted by Gasteiger charge is -2.44. The molecule has 0 radical (unpaired) electrons. The van der Waals surface area contributed by atoms with Crippen LogP contribution in [-0.4, -0.2) is 56.3 Å². The maximum Gasteiger partial charge on any atom is 0.229 e. The van der Waals surface area contributed by atoms with Gasteiger partial charge in [0.25, 0.3) is 0 Å². The van der Waals surface area contributed by atoms with Gasteiger partial charge in [0.1, 0.15) is 0 Å². The second-order valence-corrected chi connectivity index (χ2v) is 11.6. The highest BCUT2D eigenvalue weighted by Crippen LogP contribution is 2.32. The minimum Gasteiger partial charge on any atom is -0.337 e. The summed E-state index contributed by atoms with van der Waals surface area (Å²) >= 11 is 0. The number of fused-ring (bicyclic) bond motifs is 3. The molecule has 1 aromatic heterocycles. The van der Waals surface area contributed by atoms with Crippen LogP contribution in [0.15, 0.2) is 73.3 Å². The van der Waals surface area contributed by atoms with E-state index in [9.17, 15) is 9.59 Å². The SMILES string of the molecule is CC(C)C(=O)N1CCC2CCCC(CN(C(=O)CCCn3ccnc3)Cc3ccccc31)N2Cc1ccccc1. The fourth-order valence-corrected chi connectivity index (χ4v) is 6.33. The molecule has 2 atom stereocenters. The third-order valence-electron chi connectivity index (χ3n) is 8.46. The summed E-state index contributed by atoms with van der Waals surface area (Å²) in [5.41, 5.74) is 3.29. The van der Waals surface area contributed by atoms with Gasteiger partial charge in [-0.1, -0.05) is 68.8 Å². The summed E-state index contributed by atoms with van der Waals surface area (Å²) in [6.07, 6.45) is 11.1. The van der Waals surface area contributed by atoms with Crippen LogP contribution in [0.5, 0.6) is 0 Å². The summed E-state index contributed by atoms with van der Waals surface area (Å²) in [5, 5.41) is 0. The van der Waals surface area contributed by atoms with Gasteiger partial charge in [-0.15, -0.1) is 0 Å². The molecule has 0 saturated carbocycles. The Kier molecular flexibility index (Phi) is 9.32. The molecule has 3 aromatic rings. The van der Waals surface area contributed by atoms with Crippen molar-refractivity contribution >= 4 is 17.5 Å². The van der Waals surface area contributed by atoms with Crippen LogP contribution in [0.2, 0.25) is 0 Å². The van der Waals surface area contributed by atoms with Crippen LogP contribution in [-0.2, 0) is 29.2 Å². The predicted molar refractivity (Wildman–Crippen MR) is 159 cm³/mol. The number of amides is 2. The average Bonchev–Trinajstić information content (AvgIpc) is 3.48. The molecule has 2 amide bonds. The van der Waals surface area contributed by atoms with Crippen molar-refractivity contribution < 1.29 is 9.59 Å². The highest BCUT2D eigenvalue weighted by Gasteiger charge is 2.35. The fourth-order valence-electron chi connectivity index (χ4n) is 6.33. The van der Waals surface area contributed by atoms with Crippen LogP contribution in [0.1, 0.15) is 63.5 Å². The first-order chi connectivity index (χ1) is 19.5. The minimum atomic E-state index is -0.0985. The van der Waals surface area contributed by atoms with Crippen molar-refractivity contribution in [2.45, 2.75) is 84.1 Å². The van der Waals surface area contributed by atoms with Gasteiger partial charge >= 0.3 is 0 Å². The topological polar surface area (TPSA) is 61.7 Å². The summed E-state index contributed by atoms with van der Waals surface area (Å²) in [5.74, 6) is 0.225. The molecule has 7 nitrogen and oxygen atoms in total. The molecule has 5 rings (SSSR count). The summed E-state index contributed by atoms with van der Waals surface area (Å²) in [7, 11) is 0. The van der Waals surface area contributed by atoms with Crippen molar-refractivity contribution in [3.8, 4) is 0 Å². The van der Waals surface area contributed by atoms with Crippen molar-refractivity contribution in [1.29, 1.82) is 0 Å². The maximum absolute atomic E-state index is 13.8. The van der Waals surface area contributed by atoms with Crippen LogP contribution in [0.3, 0.4) is 0 Å². The zero-order valence-corrected chi connectivity index (χ0v) is 24.0. The Labute approximate surface area is 238 Å². The summed E-state index contributed by atoms with van der Waals surface area (Å²) in [6.45, 7) is 7.51. The number of para-hydroxylation sites is 1. The van der Waals surface area contributed by atoms with E-state index in [4.69, 9.17) is 0 Å². The van der Waals surface area contributed by atoms with Gasteiger partial charge in [0.2, 0.25) is 11.8 Å². The van der Waals surface area contributed by atoms with Gasteiger partial charge in [-0.25, -0.2) is 4.98 Å². The number of aryl methyl sites for hydroxylation is 1. The van der Waals surface area contributed by atoms with Gasteiger partial charge in [-0.05, 0) is 42.9 Å². The van der Waals surface area contributed by atoms with Crippen molar-refractivity contribution in [1.82, 2.24) is 19.4 Å².